The van der Waals surface area contributed by atoms with Crippen LogP contribution in [-0.2, 0) is 16.2 Å². The zero-order valence-corrected chi connectivity index (χ0v) is 20.9. The fourth-order valence-electron chi connectivity index (χ4n) is 2.85. The second-order valence-corrected chi connectivity index (χ2v) is 8.80. The van der Waals surface area contributed by atoms with Gasteiger partial charge in [0.25, 0.3) is 0 Å². The maximum Gasteiger partial charge on any atom is 0.329 e. The fraction of sp³-hybridized carbons (Fsp3) is 0.125. The minimum absolute atomic E-state index is 0.144. The number of halogens is 3. The molecule has 0 spiro atoms. The molecular weight excluding hydrogens is 529 g/mol. The van der Waals surface area contributed by atoms with Crippen molar-refractivity contribution in [2.24, 2.45) is 5.10 Å². The molecule has 3 rings (SSSR count). The minimum Gasteiger partial charge on any atom is -0.488 e. The molecule has 6 nitrogen and oxygen atoms in total. The van der Waals surface area contributed by atoms with Crippen molar-refractivity contribution in [2.45, 2.75) is 20.5 Å². The molecule has 0 heterocycles. The number of carbonyl (C=O) groups is 2. The molecule has 2 N–H and O–H groups in total. The maximum absolute atomic E-state index is 12.2. The zero-order chi connectivity index (χ0) is 24.0. The Bertz CT molecular complexity index is 1210. The van der Waals surface area contributed by atoms with Crippen LogP contribution in [0.5, 0.6) is 5.75 Å². The first-order chi connectivity index (χ1) is 15.8. The van der Waals surface area contributed by atoms with E-state index in [-0.39, 0.29) is 6.61 Å². The lowest BCUT2D eigenvalue weighted by atomic mass is 10.1. The number of rotatable bonds is 6. The first-order valence-corrected chi connectivity index (χ1v) is 11.4. The van der Waals surface area contributed by atoms with E-state index in [1.165, 1.54) is 6.21 Å². The molecule has 33 heavy (non-hydrogen) atoms. The van der Waals surface area contributed by atoms with Crippen LogP contribution in [0.3, 0.4) is 0 Å². The highest BCUT2D eigenvalue weighted by Crippen LogP contribution is 2.28. The molecule has 0 saturated heterocycles. The van der Waals surface area contributed by atoms with Crippen LogP contribution in [0, 0.1) is 13.8 Å². The molecule has 170 valence electrons. The molecule has 0 aliphatic carbocycles. The Labute approximate surface area is 210 Å². The van der Waals surface area contributed by atoms with Crippen LogP contribution < -0.4 is 15.5 Å². The van der Waals surface area contributed by atoms with Gasteiger partial charge in [0.15, 0.2) is 0 Å². The van der Waals surface area contributed by atoms with Gasteiger partial charge in [0.1, 0.15) is 12.4 Å². The monoisotopic (exact) mass is 547 g/mol. The van der Waals surface area contributed by atoms with Crippen LogP contribution in [0.4, 0.5) is 5.69 Å². The number of carbonyl (C=O) groups excluding carboxylic acids is 2. The molecule has 0 bridgehead atoms. The summed E-state index contributed by atoms with van der Waals surface area (Å²) in [4.78, 5) is 24.4. The normalized spacial score (nSPS) is 10.8. The van der Waals surface area contributed by atoms with E-state index in [2.05, 4.69) is 31.8 Å². The smallest absolute Gasteiger partial charge is 0.329 e. The second-order valence-electron chi connectivity index (χ2n) is 7.07. The number of amides is 2. The number of hydrazone groups is 1. The summed E-state index contributed by atoms with van der Waals surface area (Å²) in [5.41, 5.74) is 5.92. The number of nitrogens with zero attached hydrogens (tertiary/aromatic N) is 1. The van der Waals surface area contributed by atoms with Crippen LogP contribution in [0.15, 0.2) is 64.2 Å². The van der Waals surface area contributed by atoms with E-state index >= 15 is 0 Å². The molecule has 0 fully saturated rings. The topological polar surface area (TPSA) is 79.8 Å². The van der Waals surface area contributed by atoms with E-state index in [0.717, 1.165) is 15.6 Å². The summed E-state index contributed by atoms with van der Waals surface area (Å²) in [6.45, 7) is 3.93. The molecule has 0 atom stereocenters. The highest BCUT2D eigenvalue weighted by atomic mass is 79.9. The van der Waals surface area contributed by atoms with E-state index in [4.69, 9.17) is 27.9 Å². The van der Waals surface area contributed by atoms with Crippen molar-refractivity contribution in [2.75, 3.05) is 5.32 Å². The van der Waals surface area contributed by atoms with E-state index in [1.54, 1.807) is 48.5 Å². The number of hydrogen-bond acceptors (Lipinski definition) is 4. The molecule has 0 aliphatic rings. The van der Waals surface area contributed by atoms with E-state index < -0.39 is 11.8 Å². The molecule has 9 heteroatoms. The van der Waals surface area contributed by atoms with Crippen molar-refractivity contribution in [3.8, 4) is 5.75 Å². The molecule has 0 unspecified atom stereocenters. The maximum atomic E-state index is 12.2. The van der Waals surface area contributed by atoms with E-state index in [0.29, 0.717) is 32.6 Å². The third-order valence-corrected chi connectivity index (χ3v) is 6.04. The molecule has 2 amide bonds. The Morgan fingerprint density at radius 1 is 1.03 bits per heavy atom. The minimum atomic E-state index is -0.896. The van der Waals surface area contributed by atoms with Crippen molar-refractivity contribution in [1.82, 2.24) is 5.43 Å². The second kappa shape index (κ2) is 11.3. The van der Waals surface area contributed by atoms with Crippen molar-refractivity contribution < 1.29 is 14.3 Å². The third-order valence-electron chi connectivity index (χ3n) is 4.83. The Hall–Kier alpha value is -2.87. The van der Waals surface area contributed by atoms with Crippen LogP contribution in [0.1, 0.15) is 22.3 Å². The molecule has 0 radical (unpaired) electrons. The Balaban J connectivity index is 1.66. The van der Waals surface area contributed by atoms with Crippen LogP contribution in [-0.4, -0.2) is 18.0 Å². The van der Waals surface area contributed by atoms with Gasteiger partial charge < -0.3 is 10.1 Å². The van der Waals surface area contributed by atoms with Gasteiger partial charge in [0.2, 0.25) is 0 Å². The summed E-state index contributed by atoms with van der Waals surface area (Å²) < 4.78 is 6.66. The molecule has 3 aromatic rings. The van der Waals surface area contributed by atoms with E-state index in [9.17, 15) is 9.59 Å². The van der Waals surface area contributed by atoms with Crippen LogP contribution in [0.2, 0.25) is 10.0 Å². The fourth-order valence-corrected chi connectivity index (χ4v) is 3.73. The molecular formula is C24H20BrCl2N3O3. The van der Waals surface area contributed by atoms with Gasteiger partial charge in [-0.1, -0.05) is 57.3 Å². The van der Waals surface area contributed by atoms with Crippen LogP contribution >= 0.6 is 39.1 Å². The number of hydrogen-bond donors (Lipinski definition) is 2. The Morgan fingerprint density at radius 3 is 2.45 bits per heavy atom. The average Bonchev–Trinajstić information content (AvgIpc) is 2.77. The van der Waals surface area contributed by atoms with Gasteiger partial charge in [-0.05, 0) is 61.4 Å². The third kappa shape index (κ3) is 6.57. The Morgan fingerprint density at radius 2 is 1.73 bits per heavy atom. The molecule has 0 saturated carbocycles. The number of anilines is 1. The van der Waals surface area contributed by atoms with Crippen molar-refractivity contribution in [3.63, 3.8) is 0 Å². The first kappa shape index (κ1) is 24.8. The highest BCUT2D eigenvalue weighted by molar-refractivity contribution is 9.10. The van der Waals surface area contributed by atoms with Gasteiger partial charge in [-0.25, -0.2) is 5.43 Å². The number of aryl methyl sites for hydroxylation is 1. The first-order valence-electron chi connectivity index (χ1n) is 9.82. The number of benzene rings is 3. The average molecular weight is 549 g/mol. The summed E-state index contributed by atoms with van der Waals surface area (Å²) in [5, 5.41) is 7.48. The van der Waals surface area contributed by atoms with Crippen LogP contribution in [0.25, 0.3) is 0 Å². The lowest BCUT2D eigenvalue weighted by Gasteiger charge is -2.12. The summed E-state index contributed by atoms with van der Waals surface area (Å²) >= 11 is 15.8. The quantitative estimate of drug-likeness (QED) is 0.224. The Kier molecular flexibility index (Phi) is 8.49. The number of ether oxygens (including phenoxy) is 1. The summed E-state index contributed by atoms with van der Waals surface area (Å²) in [7, 11) is 0. The van der Waals surface area contributed by atoms with Crippen molar-refractivity contribution in [3.05, 3.63) is 91.4 Å². The summed E-state index contributed by atoms with van der Waals surface area (Å²) in [5.74, 6) is -1.22. The standard InChI is InChI=1S/C24H20BrCl2N3O3/c1-14-5-3-8-21(15(14)2)29-23(31)24(32)30-28-12-16-11-17(25)9-10-22(16)33-13-18-19(26)6-4-7-20(18)27/h3-12H,13H2,1-2H3,(H,29,31)(H,30,32)/b28-12-. The van der Waals surface area contributed by atoms with Gasteiger partial charge >= 0.3 is 11.8 Å². The summed E-state index contributed by atoms with van der Waals surface area (Å²) in [6.07, 6.45) is 1.39. The SMILES string of the molecule is Cc1cccc(NC(=O)C(=O)N/N=C\c2cc(Br)ccc2OCc2c(Cl)cccc2Cl)c1C. The van der Waals surface area contributed by atoms with Gasteiger partial charge in [0, 0.05) is 31.3 Å². The zero-order valence-electron chi connectivity index (χ0n) is 17.8. The lowest BCUT2D eigenvalue weighted by Crippen LogP contribution is -2.32. The predicted molar refractivity (Wildman–Crippen MR) is 135 cm³/mol. The molecule has 0 aliphatic heterocycles. The van der Waals surface area contributed by atoms with E-state index in [1.807, 2.05) is 19.9 Å². The predicted octanol–water partition coefficient (Wildman–Crippen LogP) is 6.04. The van der Waals surface area contributed by atoms with Gasteiger partial charge in [-0.15, -0.1) is 0 Å². The summed E-state index contributed by atoms with van der Waals surface area (Å²) in [6, 6.07) is 16.0. The lowest BCUT2D eigenvalue weighted by molar-refractivity contribution is -0.136. The van der Waals surface area contributed by atoms with Gasteiger partial charge in [-0.2, -0.15) is 5.10 Å². The van der Waals surface area contributed by atoms with Gasteiger partial charge in [0.05, 0.1) is 6.21 Å². The number of nitrogens with one attached hydrogen (secondary N) is 2. The highest BCUT2D eigenvalue weighted by Gasteiger charge is 2.15. The van der Waals surface area contributed by atoms with Crippen molar-refractivity contribution >= 4 is 62.8 Å². The molecule has 0 aromatic heterocycles. The van der Waals surface area contributed by atoms with Gasteiger partial charge in [-0.3, -0.25) is 9.59 Å². The van der Waals surface area contributed by atoms with Crippen molar-refractivity contribution in [1.29, 1.82) is 0 Å². The largest absolute Gasteiger partial charge is 0.488 e. The molecule has 3 aromatic carbocycles.